The smallest absolute Gasteiger partial charge is 0.309 e. The van der Waals surface area contributed by atoms with Crippen molar-refractivity contribution in [2.45, 2.75) is 24.3 Å². The zero-order chi connectivity index (χ0) is 28.1. The molecular weight excluding hydrogens is 544 g/mol. The fraction of sp³-hybridized carbons (Fsp3) is 0.161. The van der Waals surface area contributed by atoms with E-state index in [-0.39, 0.29) is 12.2 Å². The lowest BCUT2D eigenvalue weighted by Gasteiger charge is -2.21. The number of rotatable bonds is 10. The van der Waals surface area contributed by atoms with Crippen molar-refractivity contribution in [3.8, 4) is 0 Å². The van der Waals surface area contributed by atoms with Crippen molar-refractivity contribution in [2.24, 2.45) is 0 Å². The highest BCUT2D eigenvalue weighted by molar-refractivity contribution is 8.03. The van der Waals surface area contributed by atoms with Gasteiger partial charge in [0.2, 0.25) is 5.52 Å². The summed E-state index contributed by atoms with van der Waals surface area (Å²) in [5.41, 5.74) is 3.06. The second kappa shape index (κ2) is 12.1. The molecule has 0 amide bonds. The number of hydrogen-bond acceptors (Lipinski definition) is 5. The molecule has 204 valence electrons. The number of carboxylic acids is 1. The van der Waals surface area contributed by atoms with E-state index in [1.807, 2.05) is 83.6 Å². The first-order valence-corrected chi connectivity index (χ1v) is 15.3. The van der Waals surface area contributed by atoms with Gasteiger partial charge in [-0.1, -0.05) is 78.5 Å². The van der Waals surface area contributed by atoms with E-state index < -0.39 is 16.1 Å². The third-order valence-corrected chi connectivity index (χ3v) is 8.58. The van der Waals surface area contributed by atoms with Crippen LogP contribution in [0.2, 0.25) is 0 Å². The fourth-order valence-corrected chi connectivity index (χ4v) is 6.46. The van der Waals surface area contributed by atoms with Gasteiger partial charge >= 0.3 is 5.97 Å². The van der Waals surface area contributed by atoms with Crippen molar-refractivity contribution in [3.05, 3.63) is 108 Å². The van der Waals surface area contributed by atoms with Gasteiger partial charge < -0.3 is 10.0 Å². The summed E-state index contributed by atoms with van der Waals surface area (Å²) in [7, 11) is -4.03. The second-order valence-corrected chi connectivity index (χ2v) is 12.0. The zero-order valence-corrected chi connectivity index (χ0v) is 23.3. The molecule has 40 heavy (non-hydrogen) atoms. The van der Waals surface area contributed by atoms with E-state index in [2.05, 4.69) is 29.2 Å². The summed E-state index contributed by atoms with van der Waals surface area (Å²) in [5, 5.41) is 13.3. The molecule has 0 radical (unpaired) electrons. The van der Waals surface area contributed by atoms with Crippen LogP contribution in [0.3, 0.4) is 0 Å². The number of allylic oxidation sites excluding steroid dienone is 4. The van der Waals surface area contributed by atoms with Crippen molar-refractivity contribution in [1.29, 1.82) is 0 Å². The van der Waals surface area contributed by atoms with Crippen LogP contribution in [0, 0.1) is 0 Å². The number of para-hydroxylation sites is 1. The van der Waals surface area contributed by atoms with Gasteiger partial charge in [-0.2, -0.15) is 13.0 Å². The van der Waals surface area contributed by atoms with Gasteiger partial charge in [0.1, 0.15) is 6.42 Å². The van der Waals surface area contributed by atoms with Crippen LogP contribution in [0.4, 0.5) is 5.69 Å². The molecule has 9 heteroatoms. The number of anilines is 1. The van der Waals surface area contributed by atoms with Crippen LogP contribution in [0.1, 0.15) is 18.4 Å². The van der Waals surface area contributed by atoms with E-state index in [0.29, 0.717) is 19.5 Å². The number of aryl methyl sites for hydroxylation is 1. The van der Waals surface area contributed by atoms with Gasteiger partial charge in [0.05, 0.1) is 21.9 Å². The molecule has 0 unspecified atom stereocenters. The van der Waals surface area contributed by atoms with Gasteiger partial charge in [-0.3, -0.25) is 9.35 Å². The Hall–Kier alpha value is -3.92. The molecule has 1 aliphatic rings. The number of aliphatic carboxylic acids is 1. The molecule has 7 nitrogen and oxygen atoms in total. The minimum Gasteiger partial charge on any atom is -0.481 e. The number of carboxylic acid groups (broad SMARTS) is 1. The van der Waals surface area contributed by atoms with Crippen molar-refractivity contribution < 1.29 is 27.4 Å². The molecule has 1 aromatic heterocycles. The number of hydrogen-bond donors (Lipinski definition) is 2. The molecule has 0 bridgehead atoms. The van der Waals surface area contributed by atoms with E-state index in [1.165, 1.54) is 0 Å². The lowest BCUT2D eigenvalue weighted by molar-refractivity contribution is -0.670. The first kappa shape index (κ1) is 27.6. The highest BCUT2D eigenvalue weighted by atomic mass is 32.2. The van der Waals surface area contributed by atoms with E-state index >= 15 is 0 Å². The number of nitrogens with zero attached hydrogens (tertiary/aromatic N) is 2. The highest BCUT2D eigenvalue weighted by Gasteiger charge is 2.27. The maximum absolute atomic E-state index is 11.3. The van der Waals surface area contributed by atoms with Crippen LogP contribution < -0.4 is 9.47 Å². The maximum Gasteiger partial charge on any atom is 0.309 e. The van der Waals surface area contributed by atoms with Gasteiger partial charge in [-0.05, 0) is 35.6 Å². The third kappa shape index (κ3) is 6.44. The number of thioether (sulfide) groups is 1. The standard InChI is InChI=1S/C31H28N2O5S2/c34-30(35)18-21-32-20-17-24(25-11-6-7-13-27(25)32)9-2-1-3-14-29-33(19-8-22-40(36,37)38)31-26-12-5-4-10-23(26)15-16-28(31)39-29/h1-7,9-17,20H,8,18-19,21-22H2,(H-,34,35,36,37,38)/p+1. The summed E-state index contributed by atoms with van der Waals surface area (Å²) in [6.07, 6.45) is 12.2. The predicted molar refractivity (Wildman–Crippen MR) is 161 cm³/mol. The topological polar surface area (TPSA) is 98.8 Å². The number of aromatic nitrogens is 1. The van der Waals surface area contributed by atoms with E-state index in [9.17, 15) is 17.8 Å². The van der Waals surface area contributed by atoms with Crippen molar-refractivity contribution in [1.82, 2.24) is 0 Å². The van der Waals surface area contributed by atoms with Crippen LogP contribution >= 0.6 is 11.8 Å². The average Bonchev–Trinajstić information content (AvgIpc) is 3.29. The van der Waals surface area contributed by atoms with Crippen molar-refractivity contribution in [3.63, 3.8) is 0 Å². The summed E-state index contributed by atoms with van der Waals surface area (Å²) in [6.45, 7) is 0.866. The van der Waals surface area contributed by atoms with Gasteiger partial charge in [0, 0.05) is 29.0 Å². The van der Waals surface area contributed by atoms with E-state index in [4.69, 9.17) is 5.11 Å². The van der Waals surface area contributed by atoms with Crippen molar-refractivity contribution >= 4 is 61.3 Å². The second-order valence-electron chi connectivity index (χ2n) is 9.40. The first-order chi connectivity index (χ1) is 19.3. The van der Waals surface area contributed by atoms with E-state index in [0.717, 1.165) is 42.9 Å². The zero-order valence-electron chi connectivity index (χ0n) is 21.7. The predicted octanol–water partition coefficient (Wildman–Crippen LogP) is 6.06. The first-order valence-electron chi connectivity index (χ1n) is 12.9. The Bertz CT molecular complexity index is 1780. The molecule has 0 fully saturated rings. The lowest BCUT2D eigenvalue weighted by atomic mass is 10.1. The molecule has 2 N–H and O–H groups in total. The molecule has 0 aliphatic carbocycles. The van der Waals surface area contributed by atoms with Gasteiger partial charge in [0.25, 0.3) is 10.1 Å². The van der Waals surface area contributed by atoms with Gasteiger partial charge in [0.15, 0.2) is 12.7 Å². The molecule has 2 heterocycles. The van der Waals surface area contributed by atoms with Crippen LogP contribution in [0.25, 0.3) is 27.8 Å². The number of pyridine rings is 1. The average molecular weight is 574 g/mol. The number of fused-ring (bicyclic) bond motifs is 4. The number of benzene rings is 3. The molecule has 0 saturated carbocycles. The molecule has 5 rings (SSSR count). The van der Waals surface area contributed by atoms with Crippen LogP contribution in [0.15, 0.2) is 107 Å². The third-order valence-electron chi connectivity index (χ3n) is 6.66. The van der Waals surface area contributed by atoms with Gasteiger partial charge in [-0.15, -0.1) is 0 Å². The van der Waals surface area contributed by atoms with Gasteiger partial charge in [-0.25, -0.2) is 0 Å². The lowest BCUT2D eigenvalue weighted by Crippen LogP contribution is -2.35. The van der Waals surface area contributed by atoms with E-state index in [1.54, 1.807) is 11.8 Å². The Morgan fingerprint density at radius 2 is 1.73 bits per heavy atom. The SMILES string of the molecule is O=C(O)CC[n+]1ccc(C=CC=CC=C2Sc3ccc4ccccc4c3N2CCCS(=O)(=O)O)c2ccccc21. The molecular formula is C31H29N2O5S2+. The minimum atomic E-state index is -4.03. The Morgan fingerprint density at radius 1 is 0.950 bits per heavy atom. The summed E-state index contributed by atoms with van der Waals surface area (Å²) in [5.74, 6) is -1.12. The van der Waals surface area contributed by atoms with Crippen molar-refractivity contribution in [2.75, 3.05) is 17.2 Å². The summed E-state index contributed by atoms with van der Waals surface area (Å²) < 4.78 is 33.9. The summed E-state index contributed by atoms with van der Waals surface area (Å²) in [4.78, 5) is 14.3. The highest BCUT2D eigenvalue weighted by Crippen LogP contribution is 2.49. The molecule has 0 atom stereocenters. The fourth-order valence-electron chi connectivity index (χ4n) is 4.85. The Kier molecular flexibility index (Phi) is 8.35. The Morgan fingerprint density at radius 3 is 2.52 bits per heavy atom. The normalized spacial score (nSPS) is 14.7. The molecule has 3 aromatic carbocycles. The monoisotopic (exact) mass is 573 g/mol. The molecule has 4 aromatic rings. The van der Waals surface area contributed by atoms with Crippen LogP contribution in [-0.2, 0) is 21.5 Å². The minimum absolute atomic E-state index is 0.0613. The van der Waals surface area contributed by atoms with Crippen LogP contribution in [-0.4, -0.2) is 36.3 Å². The Labute approximate surface area is 237 Å². The summed E-state index contributed by atoms with van der Waals surface area (Å²) in [6, 6.07) is 22.2. The Balaban J connectivity index is 1.38. The molecule has 0 saturated heterocycles. The molecule has 0 spiro atoms. The number of carbonyl (C=O) groups is 1. The largest absolute Gasteiger partial charge is 0.481 e. The van der Waals surface area contributed by atoms with Crippen LogP contribution in [0.5, 0.6) is 0 Å². The molecule has 1 aliphatic heterocycles. The maximum atomic E-state index is 11.3. The quantitative estimate of drug-likeness (QED) is 0.135. The summed E-state index contributed by atoms with van der Waals surface area (Å²) >= 11 is 1.64.